The molecule has 0 atom stereocenters. The lowest BCUT2D eigenvalue weighted by atomic mass is 9.89. The lowest BCUT2D eigenvalue weighted by molar-refractivity contribution is -0.150. The van der Waals surface area contributed by atoms with Gasteiger partial charge >= 0.3 is 12.1 Å². The number of rotatable bonds is 5. The molecule has 0 N–H and O–H groups in total. The average Bonchev–Trinajstić information content (AvgIpc) is 2.63. The summed E-state index contributed by atoms with van der Waals surface area (Å²) >= 11 is 0. The Morgan fingerprint density at radius 3 is 2.07 bits per heavy atom. The van der Waals surface area contributed by atoms with Crippen LogP contribution in [-0.4, -0.2) is 41.3 Å². The van der Waals surface area contributed by atoms with E-state index in [0.29, 0.717) is 31.8 Å². The highest BCUT2D eigenvalue weighted by Crippen LogP contribution is 2.27. The lowest BCUT2D eigenvalue weighted by Crippen LogP contribution is -2.41. The van der Waals surface area contributed by atoms with Gasteiger partial charge in [0.25, 0.3) is 0 Å². The second-order valence-corrected chi connectivity index (χ2v) is 10.0. The number of hydrogen-bond donors (Lipinski definition) is 0. The van der Waals surface area contributed by atoms with Gasteiger partial charge in [-0.25, -0.2) is 9.59 Å². The zero-order chi connectivity index (χ0) is 22.4. The monoisotopic (exact) mass is 415 g/mol. The van der Waals surface area contributed by atoms with E-state index < -0.39 is 11.2 Å². The van der Waals surface area contributed by atoms with Crippen molar-refractivity contribution >= 4 is 12.1 Å². The van der Waals surface area contributed by atoms with Crippen LogP contribution < -0.4 is 0 Å². The van der Waals surface area contributed by atoms with Crippen molar-refractivity contribution < 1.29 is 19.1 Å². The fourth-order valence-electron chi connectivity index (χ4n) is 3.41. The van der Waals surface area contributed by atoms with Crippen LogP contribution in [0.15, 0.2) is 42.0 Å². The molecule has 5 nitrogen and oxygen atoms in total. The minimum atomic E-state index is -0.525. The highest BCUT2D eigenvalue weighted by atomic mass is 16.6. The van der Waals surface area contributed by atoms with Gasteiger partial charge in [-0.1, -0.05) is 36.4 Å². The van der Waals surface area contributed by atoms with Gasteiger partial charge in [-0.15, -0.1) is 0 Å². The zero-order valence-corrected chi connectivity index (χ0v) is 19.4. The van der Waals surface area contributed by atoms with Crippen molar-refractivity contribution in [2.45, 2.75) is 78.4 Å². The molecule has 0 spiro atoms. The Morgan fingerprint density at radius 2 is 1.53 bits per heavy atom. The molecule has 0 aliphatic carbocycles. The van der Waals surface area contributed by atoms with E-state index in [0.717, 1.165) is 18.4 Å². The SMILES string of the molecule is CC(C)(C)OC(=O)/C(=C\Cc1ccccc1)CC1CCN(C(=O)OC(C)(C)C)CC1. The van der Waals surface area contributed by atoms with Crippen LogP contribution >= 0.6 is 0 Å². The maximum atomic E-state index is 12.8. The van der Waals surface area contributed by atoms with Crippen LogP contribution in [0.5, 0.6) is 0 Å². The number of piperidine rings is 1. The van der Waals surface area contributed by atoms with Gasteiger partial charge in [0.05, 0.1) is 0 Å². The van der Waals surface area contributed by atoms with E-state index in [-0.39, 0.29) is 12.1 Å². The fraction of sp³-hybridized carbons (Fsp3) is 0.600. The third kappa shape index (κ3) is 8.60. The average molecular weight is 416 g/mol. The minimum Gasteiger partial charge on any atom is -0.457 e. The highest BCUT2D eigenvalue weighted by Gasteiger charge is 2.29. The van der Waals surface area contributed by atoms with E-state index in [2.05, 4.69) is 12.1 Å². The molecule has 0 saturated carbocycles. The highest BCUT2D eigenvalue weighted by molar-refractivity contribution is 5.88. The Morgan fingerprint density at radius 1 is 0.967 bits per heavy atom. The molecule has 1 heterocycles. The Hall–Kier alpha value is -2.30. The number of likely N-dealkylation sites (tertiary alicyclic amines) is 1. The maximum absolute atomic E-state index is 12.8. The second-order valence-electron chi connectivity index (χ2n) is 10.0. The first-order valence-corrected chi connectivity index (χ1v) is 10.9. The molecule has 1 saturated heterocycles. The number of carbonyl (C=O) groups is 2. The van der Waals surface area contributed by atoms with Crippen molar-refractivity contribution in [3.63, 3.8) is 0 Å². The summed E-state index contributed by atoms with van der Waals surface area (Å²) in [7, 11) is 0. The normalized spacial score (nSPS) is 16.3. The Kier molecular flexibility index (Phi) is 8.10. The summed E-state index contributed by atoms with van der Waals surface area (Å²) in [6.07, 6.45) is 4.82. The first-order valence-electron chi connectivity index (χ1n) is 10.9. The number of ether oxygens (including phenoxy) is 2. The summed E-state index contributed by atoms with van der Waals surface area (Å²) in [4.78, 5) is 26.9. The van der Waals surface area contributed by atoms with Crippen LogP contribution in [0.25, 0.3) is 0 Å². The minimum absolute atomic E-state index is 0.243. The van der Waals surface area contributed by atoms with Crippen LogP contribution in [-0.2, 0) is 20.7 Å². The van der Waals surface area contributed by atoms with Gasteiger partial charge in [-0.2, -0.15) is 0 Å². The van der Waals surface area contributed by atoms with Crippen molar-refractivity contribution in [2.24, 2.45) is 5.92 Å². The van der Waals surface area contributed by atoms with Crippen molar-refractivity contribution in [3.8, 4) is 0 Å². The van der Waals surface area contributed by atoms with E-state index in [1.807, 2.05) is 65.8 Å². The van der Waals surface area contributed by atoms with E-state index in [4.69, 9.17) is 9.47 Å². The molecule has 1 aromatic rings. The van der Waals surface area contributed by atoms with Crippen LogP contribution in [0.4, 0.5) is 4.79 Å². The van der Waals surface area contributed by atoms with Crippen LogP contribution in [0.3, 0.4) is 0 Å². The molecule has 1 aliphatic heterocycles. The van der Waals surface area contributed by atoms with Crippen molar-refractivity contribution in [3.05, 3.63) is 47.5 Å². The summed E-state index contributed by atoms with van der Waals surface area (Å²) in [6.45, 7) is 12.6. The molecule has 1 amide bonds. The fourth-order valence-corrected chi connectivity index (χ4v) is 3.41. The van der Waals surface area contributed by atoms with Crippen molar-refractivity contribution in [1.82, 2.24) is 4.90 Å². The van der Waals surface area contributed by atoms with Crippen LogP contribution in [0, 0.1) is 5.92 Å². The molecule has 1 aromatic carbocycles. The predicted octanol–water partition coefficient (Wildman–Crippen LogP) is 5.53. The number of esters is 1. The number of hydrogen-bond acceptors (Lipinski definition) is 4. The molecular formula is C25H37NO4. The quantitative estimate of drug-likeness (QED) is 0.468. The smallest absolute Gasteiger partial charge is 0.410 e. The Bertz CT molecular complexity index is 733. The van der Waals surface area contributed by atoms with Crippen molar-refractivity contribution in [1.29, 1.82) is 0 Å². The van der Waals surface area contributed by atoms with Gasteiger partial charge in [0.2, 0.25) is 0 Å². The lowest BCUT2D eigenvalue weighted by Gasteiger charge is -2.33. The van der Waals surface area contributed by atoms with Gasteiger partial charge in [-0.05, 0) is 78.7 Å². The van der Waals surface area contributed by atoms with Crippen LogP contribution in [0.2, 0.25) is 0 Å². The number of benzene rings is 1. The first kappa shape index (κ1) is 24.0. The first-order chi connectivity index (χ1) is 13.9. The van der Waals surface area contributed by atoms with Gasteiger partial charge in [0.15, 0.2) is 0 Å². The predicted molar refractivity (Wildman–Crippen MR) is 119 cm³/mol. The molecule has 0 bridgehead atoms. The molecule has 1 fully saturated rings. The van der Waals surface area contributed by atoms with E-state index in [1.54, 1.807) is 4.90 Å². The Labute approximate surface area is 181 Å². The summed E-state index contributed by atoms with van der Waals surface area (Å²) in [5.41, 5.74) is 0.879. The van der Waals surface area contributed by atoms with Crippen LogP contribution in [0.1, 0.15) is 66.4 Å². The summed E-state index contributed by atoms with van der Waals surface area (Å²) < 4.78 is 11.1. The molecule has 0 radical (unpaired) electrons. The summed E-state index contributed by atoms with van der Waals surface area (Å²) in [5, 5.41) is 0. The Balaban J connectivity index is 2.00. The van der Waals surface area contributed by atoms with E-state index in [9.17, 15) is 9.59 Å². The molecule has 5 heteroatoms. The summed E-state index contributed by atoms with van der Waals surface area (Å²) in [5.74, 6) is 0.103. The standard InChI is InChI=1S/C25H37NO4/c1-24(2,3)29-22(27)21(13-12-19-10-8-7-9-11-19)18-20-14-16-26(17-15-20)23(28)30-25(4,5)6/h7-11,13,20H,12,14-18H2,1-6H3/b21-13-. The van der Waals surface area contributed by atoms with Gasteiger partial charge < -0.3 is 14.4 Å². The molecule has 30 heavy (non-hydrogen) atoms. The molecule has 0 unspecified atom stereocenters. The topological polar surface area (TPSA) is 55.8 Å². The number of amides is 1. The van der Waals surface area contributed by atoms with Crippen molar-refractivity contribution in [2.75, 3.05) is 13.1 Å². The number of allylic oxidation sites excluding steroid dienone is 1. The number of carbonyl (C=O) groups excluding carboxylic acids is 2. The molecule has 0 aromatic heterocycles. The second kappa shape index (κ2) is 10.1. The maximum Gasteiger partial charge on any atom is 0.410 e. The van der Waals surface area contributed by atoms with Gasteiger partial charge in [-0.3, -0.25) is 0 Å². The van der Waals surface area contributed by atoms with E-state index in [1.165, 1.54) is 5.56 Å². The molecular weight excluding hydrogens is 378 g/mol. The molecule has 2 rings (SSSR count). The molecule has 1 aliphatic rings. The van der Waals surface area contributed by atoms with Gasteiger partial charge in [0, 0.05) is 18.7 Å². The largest absolute Gasteiger partial charge is 0.457 e. The zero-order valence-electron chi connectivity index (χ0n) is 19.4. The van der Waals surface area contributed by atoms with E-state index >= 15 is 0 Å². The third-order valence-corrected chi connectivity index (χ3v) is 4.86. The van der Waals surface area contributed by atoms with Gasteiger partial charge in [0.1, 0.15) is 11.2 Å². The number of nitrogens with zero attached hydrogens (tertiary/aromatic N) is 1. The third-order valence-electron chi connectivity index (χ3n) is 4.86. The molecule has 166 valence electrons. The summed E-state index contributed by atoms with van der Waals surface area (Å²) in [6, 6.07) is 10.1.